The second kappa shape index (κ2) is 11.7. The molecule has 0 spiro atoms. The van der Waals surface area contributed by atoms with Crippen LogP contribution in [0.4, 0.5) is 20.4 Å². The number of amides is 1. The lowest BCUT2D eigenvalue weighted by molar-refractivity contribution is 0.0951. The summed E-state index contributed by atoms with van der Waals surface area (Å²) >= 11 is 0. The average Bonchev–Trinajstić information content (AvgIpc) is 2.88. The fourth-order valence-electron chi connectivity index (χ4n) is 4.21. The first-order valence-electron chi connectivity index (χ1n) is 12.3. The van der Waals surface area contributed by atoms with Crippen molar-refractivity contribution >= 4 is 28.4 Å². The first-order valence-corrected chi connectivity index (χ1v) is 12.3. The number of nitrogens with one attached hydrogen (secondary N) is 1. The standard InChI is InChI=1S/C27H32F2N4O4/c1-31(2)9-7-30-27(35)19-14-18(6-8-32(3)20-4-5-22(28)23(29)16-20)26-21(15-19)24(34)17-25(37-26)33-10-12-36-13-11-33/h4-5,14-17H,6-13H2,1-3H3,(H,30,35). The van der Waals surface area contributed by atoms with Crippen LogP contribution in [0, 0.1) is 11.6 Å². The molecule has 1 N–H and O–H groups in total. The van der Waals surface area contributed by atoms with Crippen LogP contribution in [0.1, 0.15) is 15.9 Å². The van der Waals surface area contributed by atoms with Gasteiger partial charge in [0.2, 0.25) is 0 Å². The number of hydrogen-bond donors (Lipinski definition) is 1. The molecule has 1 amide bonds. The molecule has 10 heteroatoms. The van der Waals surface area contributed by atoms with E-state index in [0.717, 1.165) is 12.1 Å². The summed E-state index contributed by atoms with van der Waals surface area (Å²) in [6.07, 6.45) is 0.403. The zero-order valence-electron chi connectivity index (χ0n) is 21.4. The van der Waals surface area contributed by atoms with Gasteiger partial charge < -0.3 is 29.2 Å². The maximum absolute atomic E-state index is 13.8. The quantitative estimate of drug-likeness (QED) is 0.471. The van der Waals surface area contributed by atoms with Crippen LogP contribution in [0.5, 0.6) is 0 Å². The molecular formula is C27H32F2N4O4. The van der Waals surface area contributed by atoms with Crippen molar-refractivity contribution in [2.75, 3.05) is 76.9 Å². The van der Waals surface area contributed by atoms with Crippen molar-refractivity contribution in [1.29, 1.82) is 0 Å². The van der Waals surface area contributed by atoms with Gasteiger partial charge in [-0.2, -0.15) is 0 Å². The zero-order valence-corrected chi connectivity index (χ0v) is 21.4. The molecule has 4 rings (SSSR count). The van der Waals surface area contributed by atoms with Crippen molar-refractivity contribution in [2.45, 2.75) is 6.42 Å². The number of hydrogen-bond acceptors (Lipinski definition) is 7. The van der Waals surface area contributed by atoms with Crippen LogP contribution in [0.2, 0.25) is 0 Å². The van der Waals surface area contributed by atoms with E-state index in [9.17, 15) is 18.4 Å². The fraction of sp³-hybridized carbons (Fsp3) is 0.407. The van der Waals surface area contributed by atoms with Crippen LogP contribution >= 0.6 is 0 Å². The Morgan fingerprint density at radius 2 is 1.78 bits per heavy atom. The molecule has 1 aromatic heterocycles. The summed E-state index contributed by atoms with van der Waals surface area (Å²) in [6.45, 7) is 3.85. The molecule has 2 aromatic carbocycles. The number of ether oxygens (including phenoxy) is 1. The third-order valence-corrected chi connectivity index (χ3v) is 6.38. The maximum atomic E-state index is 13.8. The third kappa shape index (κ3) is 6.44. The Morgan fingerprint density at radius 1 is 1.03 bits per heavy atom. The molecule has 198 valence electrons. The van der Waals surface area contributed by atoms with E-state index < -0.39 is 11.6 Å². The lowest BCUT2D eigenvalue weighted by atomic mass is 10.0. The van der Waals surface area contributed by atoms with Gasteiger partial charge >= 0.3 is 0 Å². The summed E-state index contributed by atoms with van der Waals surface area (Å²) < 4.78 is 38.8. The van der Waals surface area contributed by atoms with Crippen LogP contribution in [0.3, 0.4) is 0 Å². The molecule has 0 radical (unpaired) electrons. The van der Waals surface area contributed by atoms with E-state index in [1.54, 1.807) is 24.1 Å². The Bertz CT molecular complexity index is 1320. The lowest BCUT2D eigenvalue weighted by Gasteiger charge is -2.27. The SMILES string of the molecule is CN(C)CCNC(=O)c1cc(CCN(C)c2ccc(F)c(F)c2)c2oc(N3CCOCC3)cc(=O)c2c1. The first kappa shape index (κ1) is 26.6. The van der Waals surface area contributed by atoms with Crippen LogP contribution < -0.4 is 20.5 Å². The normalized spacial score (nSPS) is 13.8. The Labute approximate surface area is 214 Å². The van der Waals surface area contributed by atoms with E-state index >= 15 is 0 Å². The number of benzene rings is 2. The molecule has 1 aliphatic heterocycles. The number of fused-ring (bicyclic) bond motifs is 1. The second-order valence-corrected chi connectivity index (χ2v) is 9.39. The van der Waals surface area contributed by atoms with Gasteiger partial charge in [-0.3, -0.25) is 9.59 Å². The number of carbonyl (C=O) groups excluding carboxylic acids is 1. The van der Waals surface area contributed by atoms with E-state index in [2.05, 4.69) is 5.32 Å². The minimum Gasteiger partial charge on any atom is -0.440 e. The molecule has 2 heterocycles. The summed E-state index contributed by atoms with van der Waals surface area (Å²) in [5.74, 6) is -1.66. The van der Waals surface area contributed by atoms with Gasteiger partial charge in [0, 0.05) is 63.2 Å². The van der Waals surface area contributed by atoms with Gasteiger partial charge in [0.15, 0.2) is 22.9 Å². The van der Waals surface area contributed by atoms with Crippen molar-refractivity contribution in [3.63, 3.8) is 0 Å². The topological polar surface area (TPSA) is 78.3 Å². The van der Waals surface area contributed by atoms with Crippen LogP contribution in [-0.2, 0) is 11.2 Å². The predicted octanol–water partition coefficient (Wildman–Crippen LogP) is 2.88. The van der Waals surface area contributed by atoms with Crippen molar-refractivity contribution in [2.24, 2.45) is 0 Å². The van der Waals surface area contributed by atoms with Gasteiger partial charge in [-0.25, -0.2) is 8.78 Å². The molecule has 1 fully saturated rings. The monoisotopic (exact) mass is 514 g/mol. The van der Waals surface area contributed by atoms with Crippen molar-refractivity contribution in [3.8, 4) is 0 Å². The smallest absolute Gasteiger partial charge is 0.251 e. The molecule has 1 aliphatic rings. The number of likely N-dealkylation sites (N-methyl/N-ethyl adjacent to an activating group) is 2. The van der Waals surface area contributed by atoms with Crippen LogP contribution in [0.25, 0.3) is 11.0 Å². The molecule has 1 saturated heterocycles. The lowest BCUT2D eigenvalue weighted by Crippen LogP contribution is -2.36. The number of halogens is 2. The maximum Gasteiger partial charge on any atom is 0.251 e. The van der Waals surface area contributed by atoms with Crippen LogP contribution in [0.15, 0.2) is 45.6 Å². The molecule has 0 atom stereocenters. The van der Waals surface area contributed by atoms with Gasteiger partial charge in [0.1, 0.15) is 5.58 Å². The zero-order chi connectivity index (χ0) is 26.5. The summed E-state index contributed by atoms with van der Waals surface area (Å²) in [7, 11) is 5.60. The second-order valence-electron chi connectivity index (χ2n) is 9.39. The highest BCUT2D eigenvalue weighted by atomic mass is 19.2. The van der Waals surface area contributed by atoms with Gasteiger partial charge in [-0.1, -0.05) is 0 Å². The number of anilines is 2. The molecule has 0 aliphatic carbocycles. The summed E-state index contributed by atoms with van der Waals surface area (Å²) in [5.41, 5.74) is 1.73. The van der Waals surface area contributed by atoms with E-state index in [0.29, 0.717) is 86.0 Å². The largest absolute Gasteiger partial charge is 0.440 e. The highest BCUT2D eigenvalue weighted by Crippen LogP contribution is 2.26. The number of morpholine rings is 1. The highest BCUT2D eigenvalue weighted by Gasteiger charge is 2.19. The average molecular weight is 515 g/mol. The van der Waals surface area contributed by atoms with E-state index in [1.807, 2.05) is 23.9 Å². The molecule has 3 aromatic rings. The molecular weight excluding hydrogens is 482 g/mol. The third-order valence-electron chi connectivity index (χ3n) is 6.38. The van der Waals surface area contributed by atoms with E-state index in [1.165, 1.54) is 12.1 Å². The minimum absolute atomic E-state index is 0.235. The number of carbonyl (C=O) groups is 1. The Morgan fingerprint density at radius 3 is 2.49 bits per heavy atom. The van der Waals surface area contributed by atoms with Crippen molar-refractivity contribution in [1.82, 2.24) is 10.2 Å². The van der Waals surface area contributed by atoms with Gasteiger partial charge in [-0.15, -0.1) is 0 Å². The molecule has 37 heavy (non-hydrogen) atoms. The molecule has 8 nitrogen and oxygen atoms in total. The summed E-state index contributed by atoms with van der Waals surface area (Å²) in [5, 5.41) is 3.21. The van der Waals surface area contributed by atoms with Crippen LogP contribution in [-0.4, -0.2) is 77.9 Å². The Kier molecular flexibility index (Phi) is 8.40. The Balaban J connectivity index is 1.67. The van der Waals surface area contributed by atoms with Crippen molar-refractivity contribution < 1.29 is 22.7 Å². The molecule has 0 saturated carbocycles. The van der Waals surface area contributed by atoms with E-state index in [-0.39, 0.29) is 11.3 Å². The Hall–Kier alpha value is -3.50. The minimum atomic E-state index is -0.924. The number of nitrogens with zero attached hydrogens (tertiary/aromatic N) is 3. The fourth-order valence-corrected chi connectivity index (χ4v) is 4.21. The van der Waals surface area contributed by atoms with Gasteiger partial charge in [-0.05, 0) is 50.3 Å². The summed E-state index contributed by atoms with van der Waals surface area (Å²) in [6, 6.07) is 8.48. The van der Waals surface area contributed by atoms with Gasteiger partial charge in [0.05, 0.1) is 18.6 Å². The highest BCUT2D eigenvalue weighted by molar-refractivity contribution is 5.98. The number of rotatable bonds is 9. The molecule has 0 unspecified atom stereocenters. The van der Waals surface area contributed by atoms with E-state index in [4.69, 9.17) is 9.15 Å². The van der Waals surface area contributed by atoms with Crippen molar-refractivity contribution in [3.05, 3.63) is 69.4 Å². The molecule has 0 bridgehead atoms. The summed E-state index contributed by atoms with van der Waals surface area (Å²) in [4.78, 5) is 31.8. The van der Waals surface area contributed by atoms with Gasteiger partial charge in [0.25, 0.3) is 5.91 Å². The predicted molar refractivity (Wildman–Crippen MR) is 140 cm³/mol. The first-order chi connectivity index (χ1) is 17.7.